The number of rotatable bonds is 7. The fourth-order valence-corrected chi connectivity index (χ4v) is 5.28. The van der Waals surface area contributed by atoms with Gasteiger partial charge in [-0.2, -0.15) is 0 Å². The standard InChI is InChI=1S/C21H28N2O4S2/c1-15(2)29(26,27)23-21-9-5-8-20(21)17-12-10-16(11-13-17)18-6-4-7-19(14-18)22-28(3,24)25/h4,6-7,10-15,20-23H,5,8-9H2,1-3H3. The third-order valence-corrected chi connectivity index (χ3v) is 7.77. The van der Waals surface area contributed by atoms with Crippen LogP contribution in [0.3, 0.4) is 0 Å². The Balaban J connectivity index is 1.79. The molecule has 0 radical (unpaired) electrons. The predicted molar refractivity (Wildman–Crippen MR) is 118 cm³/mol. The van der Waals surface area contributed by atoms with E-state index in [0.717, 1.165) is 42.2 Å². The number of hydrogen-bond acceptors (Lipinski definition) is 4. The lowest BCUT2D eigenvalue weighted by atomic mass is 9.93. The molecule has 6 nitrogen and oxygen atoms in total. The summed E-state index contributed by atoms with van der Waals surface area (Å²) in [6, 6.07) is 15.3. The molecule has 0 heterocycles. The van der Waals surface area contributed by atoms with Gasteiger partial charge in [-0.15, -0.1) is 0 Å². The van der Waals surface area contributed by atoms with Crippen LogP contribution in [-0.4, -0.2) is 34.4 Å². The molecule has 2 unspecified atom stereocenters. The highest BCUT2D eigenvalue weighted by Gasteiger charge is 2.32. The van der Waals surface area contributed by atoms with Crippen molar-refractivity contribution in [1.29, 1.82) is 0 Å². The molecular weight excluding hydrogens is 408 g/mol. The van der Waals surface area contributed by atoms with Crippen molar-refractivity contribution in [2.75, 3.05) is 11.0 Å². The van der Waals surface area contributed by atoms with Crippen molar-refractivity contribution >= 4 is 25.7 Å². The molecule has 3 rings (SSSR count). The van der Waals surface area contributed by atoms with Gasteiger partial charge in [-0.3, -0.25) is 4.72 Å². The van der Waals surface area contributed by atoms with Gasteiger partial charge in [0.2, 0.25) is 20.0 Å². The highest BCUT2D eigenvalue weighted by Crippen LogP contribution is 2.36. The van der Waals surface area contributed by atoms with Crippen LogP contribution in [0.15, 0.2) is 48.5 Å². The summed E-state index contributed by atoms with van der Waals surface area (Å²) in [5.74, 6) is 0.163. The molecule has 158 valence electrons. The van der Waals surface area contributed by atoms with E-state index < -0.39 is 25.3 Å². The molecule has 0 bridgehead atoms. The fraction of sp³-hybridized carbons (Fsp3) is 0.429. The molecule has 0 saturated heterocycles. The van der Waals surface area contributed by atoms with E-state index in [1.54, 1.807) is 26.0 Å². The van der Waals surface area contributed by atoms with Gasteiger partial charge in [0.25, 0.3) is 0 Å². The molecule has 29 heavy (non-hydrogen) atoms. The lowest BCUT2D eigenvalue weighted by molar-refractivity contribution is 0.519. The minimum atomic E-state index is -3.33. The molecule has 0 amide bonds. The zero-order valence-electron chi connectivity index (χ0n) is 16.9. The van der Waals surface area contributed by atoms with E-state index >= 15 is 0 Å². The summed E-state index contributed by atoms with van der Waals surface area (Å²) in [5.41, 5.74) is 3.53. The molecule has 2 atom stereocenters. The summed E-state index contributed by atoms with van der Waals surface area (Å²) in [7, 11) is -6.63. The van der Waals surface area contributed by atoms with Crippen LogP contribution in [0.1, 0.15) is 44.6 Å². The second-order valence-electron chi connectivity index (χ2n) is 7.93. The smallest absolute Gasteiger partial charge is 0.229 e. The first-order chi connectivity index (χ1) is 13.5. The molecule has 1 saturated carbocycles. The van der Waals surface area contributed by atoms with Gasteiger partial charge in [0.1, 0.15) is 0 Å². The van der Waals surface area contributed by atoms with Gasteiger partial charge in [-0.1, -0.05) is 42.8 Å². The molecule has 0 aromatic heterocycles. The Morgan fingerprint density at radius 3 is 2.24 bits per heavy atom. The summed E-state index contributed by atoms with van der Waals surface area (Å²) in [6.07, 6.45) is 3.92. The van der Waals surface area contributed by atoms with Gasteiger partial charge in [0, 0.05) is 17.6 Å². The maximum Gasteiger partial charge on any atom is 0.229 e. The van der Waals surface area contributed by atoms with E-state index in [2.05, 4.69) is 9.44 Å². The molecule has 0 spiro atoms. The minimum absolute atomic E-state index is 0.0736. The fourth-order valence-electron chi connectivity index (χ4n) is 3.75. The van der Waals surface area contributed by atoms with Gasteiger partial charge in [0.15, 0.2) is 0 Å². The Morgan fingerprint density at radius 2 is 1.62 bits per heavy atom. The van der Waals surface area contributed by atoms with E-state index in [1.807, 2.05) is 36.4 Å². The highest BCUT2D eigenvalue weighted by molar-refractivity contribution is 7.92. The summed E-state index contributed by atoms with van der Waals surface area (Å²) in [6.45, 7) is 3.38. The normalized spacial score (nSPS) is 20.1. The number of sulfonamides is 2. The summed E-state index contributed by atoms with van der Waals surface area (Å²) >= 11 is 0. The van der Waals surface area contributed by atoms with Gasteiger partial charge in [-0.05, 0) is 55.5 Å². The molecule has 8 heteroatoms. The Kier molecular flexibility index (Phi) is 6.36. The van der Waals surface area contributed by atoms with Crippen LogP contribution in [0.5, 0.6) is 0 Å². The molecule has 1 aliphatic carbocycles. The molecule has 2 aromatic carbocycles. The van der Waals surface area contributed by atoms with E-state index in [4.69, 9.17) is 0 Å². The van der Waals surface area contributed by atoms with Crippen molar-refractivity contribution in [2.24, 2.45) is 0 Å². The Morgan fingerprint density at radius 1 is 0.931 bits per heavy atom. The number of benzene rings is 2. The Hall–Kier alpha value is -1.90. The van der Waals surface area contributed by atoms with Crippen LogP contribution in [0.4, 0.5) is 5.69 Å². The topological polar surface area (TPSA) is 92.3 Å². The van der Waals surface area contributed by atoms with E-state index in [0.29, 0.717) is 5.69 Å². The van der Waals surface area contributed by atoms with Crippen LogP contribution in [0, 0.1) is 0 Å². The highest BCUT2D eigenvalue weighted by atomic mass is 32.2. The monoisotopic (exact) mass is 436 g/mol. The van der Waals surface area contributed by atoms with Crippen molar-refractivity contribution < 1.29 is 16.8 Å². The molecular formula is C21H28N2O4S2. The van der Waals surface area contributed by atoms with Crippen molar-refractivity contribution in [2.45, 2.75) is 50.3 Å². The predicted octanol–water partition coefficient (Wildman–Crippen LogP) is 3.69. The Bertz CT molecular complexity index is 1060. The zero-order chi connectivity index (χ0) is 21.2. The maximum atomic E-state index is 12.3. The van der Waals surface area contributed by atoms with Gasteiger partial charge in [0.05, 0.1) is 11.5 Å². The second kappa shape index (κ2) is 8.45. The van der Waals surface area contributed by atoms with Gasteiger partial charge < -0.3 is 0 Å². The number of hydrogen-bond donors (Lipinski definition) is 2. The first-order valence-electron chi connectivity index (χ1n) is 9.74. The maximum absolute atomic E-state index is 12.3. The average molecular weight is 437 g/mol. The van der Waals surface area contributed by atoms with Crippen LogP contribution in [0.25, 0.3) is 11.1 Å². The van der Waals surface area contributed by atoms with Gasteiger partial charge in [-0.25, -0.2) is 21.6 Å². The lowest BCUT2D eigenvalue weighted by Crippen LogP contribution is -2.40. The van der Waals surface area contributed by atoms with E-state index in [1.165, 1.54) is 0 Å². The molecule has 1 aliphatic rings. The lowest BCUT2D eigenvalue weighted by Gasteiger charge is -2.23. The molecule has 0 aliphatic heterocycles. The number of nitrogens with one attached hydrogen (secondary N) is 2. The quantitative estimate of drug-likeness (QED) is 0.692. The zero-order valence-corrected chi connectivity index (χ0v) is 18.6. The van der Waals surface area contributed by atoms with Crippen molar-refractivity contribution in [3.8, 4) is 11.1 Å². The number of anilines is 1. The Labute approximate surface area is 173 Å². The molecule has 2 N–H and O–H groups in total. The summed E-state index contributed by atoms with van der Waals surface area (Å²) in [5, 5.41) is -0.445. The van der Waals surface area contributed by atoms with Crippen LogP contribution in [-0.2, 0) is 20.0 Å². The molecule has 2 aromatic rings. The molecule has 1 fully saturated rings. The summed E-state index contributed by atoms with van der Waals surface area (Å²) < 4.78 is 52.8. The van der Waals surface area contributed by atoms with Crippen LogP contribution in [0.2, 0.25) is 0 Å². The van der Waals surface area contributed by atoms with Crippen molar-refractivity contribution in [3.05, 3.63) is 54.1 Å². The first-order valence-corrected chi connectivity index (χ1v) is 13.2. The van der Waals surface area contributed by atoms with Crippen molar-refractivity contribution in [3.63, 3.8) is 0 Å². The van der Waals surface area contributed by atoms with Crippen molar-refractivity contribution in [1.82, 2.24) is 4.72 Å². The van der Waals surface area contributed by atoms with Crippen LogP contribution < -0.4 is 9.44 Å². The van der Waals surface area contributed by atoms with Crippen LogP contribution >= 0.6 is 0 Å². The van der Waals surface area contributed by atoms with Gasteiger partial charge >= 0.3 is 0 Å². The second-order valence-corrected chi connectivity index (χ2v) is 11.9. The van der Waals surface area contributed by atoms with E-state index in [9.17, 15) is 16.8 Å². The SMILES string of the molecule is CC(C)S(=O)(=O)NC1CCCC1c1ccc(-c2cccc(NS(C)(=O)=O)c2)cc1. The minimum Gasteiger partial charge on any atom is -0.284 e. The average Bonchev–Trinajstić information content (AvgIpc) is 3.08. The first kappa shape index (κ1) is 21.8. The third kappa shape index (κ3) is 5.58. The summed E-state index contributed by atoms with van der Waals surface area (Å²) in [4.78, 5) is 0. The van der Waals surface area contributed by atoms with E-state index in [-0.39, 0.29) is 12.0 Å². The largest absolute Gasteiger partial charge is 0.284 e. The third-order valence-electron chi connectivity index (χ3n) is 5.29.